The van der Waals surface area contributed by atoms with Crippen LogP contribution in [0.2, 0.25) is 5.02 Å². The van der Waals surface area contributed by atoms with E-state index < -0.39 is 4.92 Å². The van der Waals surface area contributed by atoms with Crippen LogP contribution >= 0.6 is 11.6 Å². The summed E-state index contributed by atoms with van der Waals surface area (Å²) in [6, 6.07) is 18.1. The van der Waals surface area contributed by atoms with Crippen LogP contribution in [0, 0.1) is 10.1 Å². The van der Waals surface area contributed by atoms with Gasteiger partial charge in [-0.3, -0.25) is 14.9 Å². The Bertz CT molecular complexity index is 1000. The number of nitrogens with zero attached hydrogens (tertiary/aromatic N) is 1. The van der Waals surface area contributed by atoms with E-state index in [0.717, 1.165) is 16.3 Å². The highest BCUT2D eigenvalue weighted by atomic mass is 35.5. The number of carbonyl (C=O) groups is 1. The standard InChI is InChI=1S/C20H18ClN3O3/c1-13(16-8-4-6-14-5-2-3-7-17(14)16)22-12-20(25)23-18-10-9-15(21)11-19(18)24(26)27/h2-11,13,22H,12H2,1H3,(H,23,25)/t13-/m1/s1. The fourth-order valence-electron chi connectivity index (χ4n) is 2.94. The highest BCUT2D eigenvalue weighted by molar-refractivity contribution is 6.31. The second-order valence-corrected chi connectivity index (χ2v) is 6.57. The number of halogens is 1. The molecule has 3 aromatic rings. The van der Waals surface area contributed by atoms with Crippen molar-refractivity contribution in [2.75, 3.05) is 11.9 Å². The van der Waals surface area contributed by atoms with Crippen LogP contribution in [-0.2, 0) is 4.79 Å². The van der Waals surface area contributed by atoms with Crippen molar-refractivity contribution in [3.05, 3.63) is 81.4 Å². The van der Waals surface area contributed by atoms with Crippen molar-refractivity contribution in [2.45, 2.75) is 13.0 Å². The largest absolute Gasteiger partial charge is 0.319 e. The molecule has 1 atom stereocenters. The van der Waals surface area contributed by atoms with Crippen molar-refractivity contribution < 1.29 is 9.72 Å². The summed E-state index contributed by atoms with van der Waals surface area (Å²) in [6.07, 6.45) is 0. The van der Waals surface area contributed by atoms with Crippen molar-refractivity contribution in [1.29, 1.82) is 0 Å². The normalized spacial score (nSPS) is 11.9. The molecule has 3 rings (SSSR count). The summed E-state index contributed by atoms with van der Waals surface area (Å²) in [5, 5.41) is 19.3. The van der Waals surface area contributed by atoms with Gasteiger partial charge in [0.25, 0.3) is 5.69 Å². The van der Waals surface area contributed by atoms with Gasteiger partial charge in [0.15, 0.2) is 0 Å². The number of benzene rings is 3. The molecule has 0 fully saturated rings. The van der Waals surface area contributed by atoms with Crippen molar-refractivity contribution in [3.63, 3.8) is 0 Å². The molecule has 0 bridgehead atoms. The maximum atomic E-state index is 12.2. The highest BCUT2D eigenvalue weighted by Crippen LogP contribution is 2.28. The highest BCUT2D eigenvalue weighted by Gasteiger charge is 2.17. The lowest BCUT2D eigenvalue weighted by molar-refractivity contribution is -0.383. The van der Waals surface area contributed by atoms with Gasteiger partial charge in [0.05, 0.1) is 11.5 Å². The molecule has 0 aliphatic heterocycles. The number of hydrogen-bond acceptors (Lipinski definition) is 4. The third-order valence-corrected chi connectivity index (χ3v) is 4.52. The van der Waals surface area contributed by atoms with Gasteiger partial charge in [-0.15, -0.1) is 0 Å². The van der Waals surface area contributed by atoms with Crippen molar-refractivity contribution in [2.24, 2.45) is 0 Å². The summed E-state index contributed by atoms with van der Waals surface area (Å²) in [6.45, 7) is 1.99. The van der Waals surface area contributed by atoms with Crippen LogP contribution in [0.25, 0.3) is 10.8 Å². The average Bonchev–Trinajstić information content (AvgIpc) is 2.67. The third kappa shape index (κ3) is 4.42. The van der Waals surface area contributed by atoms with Crippen LogP contribution in [0.15, 0.2) is 60.7 Å². The predicted molar refractivity (Wildman–Crippen MR) is 107 cm³/mol. The number of amides is 1. The summed E-state index contributed by atoms with van der Waals surface area (Å²) in [4.78, 5) is 22.8. The fourth-order valence-corrected chi connectivity index (χ4v) is 3.11. The second-order valence-electron chi connectivity index (χ2n) is 6.14. The Morgan fingerprint density at radius 1 is 1.15 bits per heavy atom. The molecule has 0 aliphatic rings. The van der Waals surface area contributed by atoms with Crippen LogP contribution in [0.4, 0.5) is 11.4 Å². The molecule has 0 unspecified atom stereocenters. The maximum Gasteiger partial charge on any atom is 0.294 e. The maximum absolute atomic E-state index is 12.2. The number of nitrogens with one attached hydrogen (secondary N) is 2. The lowest BCUT2D eigenvalue weighted by Crippen LogP contribution is -2.30. The Morgan fingerprint density at radius 2 is 1.89 bits per heavy atom. The van der Waals surface area contributed by atoms with E-state index in [-0.39, 0.29) is 34.9 Å². The van der Waals surface area contributed by atoms with E-state index in [2.05, 4.69) is 10.6 Å². The van der Waals surface area contributed by atoms with Gasteiger partial charge in [-0.1, -0.05) is 54.1 Å². The molecule has 0 aliphatic carbocycles. The van der Waals surface area contributed by atoms with Crippen LogP contribution in [-0.4, -0.2) is 17.4 Å². The number of carbonyl (C=O) groups excluding carboxylic acids is 1. The number of nitro groups is 1. The summed E-state index contributed by atoms with van der Waals surface area (Å²) in [7, 11) is 0. The first kappa shape index (κ1) is 18.8. The average molecular weight is 384 g/mol. The van der Waals surface area contributed by atoms with Gasteiger partial charge in [0.2, 0.25) is 5.91 Å². The summed E-state index contributed by atoms with van der Waals surface area (Å²) >= 11 is 5.79. The molecule has 1 amide bonds. The zero-order valence-corrected chi connectivity index (χ0v) is 15.4. The minimum absolute atomic E-state index is 0.0180. The van der Waals surface area contributed by atoms with Crippen LogP contribution in [0.1, 0.15) is 18.5 Å². The van der Waals surface area contributed by atoms with Crippen LogP contribution < -0.4 is 10.6 Å². The van der Waals surface area contributed by atoms with Gasteiger partial charge in [0, 0.05) is 17.1 Å². The quantitative estimate of drug-likeness (QED) is 0.477. The van der Waals surface area contributed by atoms with E-state index in [9.17, 15) is 14.9 Å². The molecule has 27 heavy (non-hydrogen) atoms. The van der Waals surface area contributed by atoms with E-state index in [1.165, 1.54) is 18.2 Å². The van der Waals surface area contributed by atoms with E-state index >= 15 is 0 Å². The van der Waals surface area contributed by atoms with Gasteiger partial charge >= 0.3 is 0 Å². The molecule has 0 saturated carbocycles. The van der Waals surface area contributed by atoms with E-state index in [1.807, 2.05) is 49.4 Å². The Labute approximate surface area is 161 Å². The Morgan fingerprint density at radius 3 is 2.67 bits per heavy atom. The molecular weight excluding hydrogens is 366 g/mol. The van der Waals surface area contributed by atoms with Crippen LogP contribution in [0.3, 0.4) is 0 Å². The number of anilines is 1. The Balaban J connectivity index is 1.68. The first-order valence-electron chi connectivity index (χ1n) is 8.40. The molecule has 2 N–H and O–H groups in total. The summed E-state index contributed by atoms with van der Waals surface area (Å²) in [5.74, 6) is -0.368. The molecule has 138 valence electrons. The molecular formula is C20H18ClN3O3. The van der Waals surface area contributed by atoms with Gasteiger partial charge in [-0.25, -0.2) is 0 Å². The molecule has 7 heteroatoms. The number of nitro benzene ring substituents is 1. The monoisotopic (exact) mass is 383 g/mol. The molecule has 0 aromatic heterocycles. The molecule has 0 spiro atoms. The summed E-state index contributed by atoms with van der Waals surface area (Å²) in [5.41, 5.74) is 0.963. The summed E-state index contributed by atoms with van der Waals surface area (Å²) < 4.78 is 0. The lowest BCUT2D eigenvalue weighted by Gasteiger charge is -2.16. The first-order chi connectivity index (χ1) is 13.0. The first-order valence-corrected chi connectivity index (χ1v) is 8.78. The van der Waals surface area contributed by atoms with Crippen molar-refractivity contribution in [3.8, 4) is 0 Å². The van der Waals surface area contributed by atoms with E-state index in [0.29, 0.717) is 0 Å². The molecule has 3 aromatic carbocycles. The SMILES string of the molecule is C[C@@H](NCC(=O)Nc1ccc(Cl)cc1[N+](=O)[O-])c1cccc2ccccc12. The number of hydrogen-bond donors (Lipinski definition) is 2. The molecule has 6 nitrogen and oxygen atoms in total. The second kappa shape index (κ2) is 8.16. The lowest BCUT2D eigenvalue weighted by atomic mass is 10.00. The van der Waals surface area contributed by atoms with Gasteiger partial charge in [-0.2, -0.15) is 0 Å². The topological polar surface area (TPSA) is 84.3 Å². The zero-order chi connectivity index (χ0) is 19.4. The molecule has 0 saturated heterocycles. The minimum Gasteiger partial charge on any atom is -0.319 e. The fraction of sp³-hybridized carbons (Fsp3) is 0.150. The smallest absolute Gasteiger partial charge is 0.294 e. The van der Waals surface area contributed by atoms with Crippen molar-refractivity contribution in [1.82, 2.24) is 5.32 Å². The van der Waals surface area contributed by atoms with E-state index in [4.69, 9.17) is 11.6 Å². The Kier molecular flexibility index (Phi) is 5.69. The predicted octanol–water partition coefficient (Wildman–Crippen LogP) is 4.69. The zero-order valence-electron chi connectivity index (χ0n) is 14.6. The Hall–Kier alpha value is -2.96. The number of rotatable bonds is 6. The van der Waals surface area contributed by atoms with E-state index in [1.54, 1.807) is 0 Å². The third-order valence-electron chi connectivity index (χ3n) is 4.29. The van der Waals surface area contributed by atoms with Gasteiger partial charge in [0.1, 0.15) is 5.69 Å². The van der Waals surface area contributed by atoms with Gasteiger partial charge < -0.3 is 10.6 Å². The molecule has 0 radical (unpaired) electrons. The van der Waals surface area contributed by atoms with Crippen molar-refractivity contribution >= 4 is 39.7 Å². The van der Waals surface area contributed by atoms with Crippen LogP contribution in [0.5, 0.6) is 0 Å². The number of fused-ring (bicyclic) bond motifs is 1. The molecule has 0 heterocycles. The van der Waals surface area contributed by atoms with Gasteiger partial charge in [-0.05, 0) is 35.4 Å². The minimum atomic E-state index is -0.576.